The molecule has 0 radical (unpaired) electrons. The van der Waals surface area contributed by atoms with Crippen LogP contribution in [0.15, 0.2) is 66.7 Å². The van der Waals surface area contributed by atoms with Gasteiger partial charge in [-0.3, -0.25) is 4.79 Å². The number of likely N-dealkylation sites (tertiary alicyclic amines) is 1. The Hall–Kier alpha value is -2.45. The highest BCUT2D eigenvalue weighted by Gasteiger charge is 2.32. The van der Waals surface area contributed by atoms with Crippen LogP contribution < -0.4 is 0 Å². The van der Waals surface area contributed by atoms with Crippen LogP contribution >= 0.6 is 0 Å². The average Bonchev–Trinajstić information content (AvgIpc) is 2.71. The Labute approximate surface area is 168 Å². The number of hydrogen-bond acceptors (Lipinski definition) is 1. The number of fused-ring (bicyclic) bond motifs is 1. The van der Waals surface area contributed by atoms with Crippen LogP contribution in [0.25, 0.3) is 10.8 Å². The molecule has 0 N–H and O–H groups in total. The molecule has 1 fully saturated rings. The van der Waals surface area contributed by atoms with Crippen molar-refractivity contribution in [3.63, 3.8) is 0 Å². The van der Waals surface area contributed by atoms with E-state index in [0.717, 1.165) is 24.1 Å². The number of carbonyl (C=O) groups is 1. The summed E-state index contributed by atoms with van der Waals surface area (Å²) in [6.07, 6.45) is 4.30. The van der Waals surface area contributed by atoms with Crippen LogP contribution in [-0.4, -0.2) is 29.9 Å². The van der Waals surface area contributed by atoms with E-state index in [1.807, 2.05) is 0 Å². The maximum absolute atomic E-state index is 13.3. The SMILES string of the molecule is Cc1ccc2ccccc2c1CC(=O)C[N+]1(Cc2ccccc2)CCCCC1. The van der Waals surface area contributed by atoms with Crippen LogP contribution in [-0.2, 0) is 17.8 Å². The molecule has 144 valence electrons. The molecule has 3 aromatic rings. The van der Waals surface area contributed by atoms with Gasteiger partial charge in [0.2, 0.25) is 0 Å². The third-order valence-electron chi connectivity index (χ3n) is 6.29. The highest BCUT2D eigenvalue weighted by atomic mass is 16.1. The van der Waals surface area contributed by atoms with E-state index in [2.05, 4.69) is 73.7 Å². The smallest absolute Gasteiger partial charge is 0.191 e. The highest BCUT2D eigenvalue weighted by Crippen LogP contribution is 2.26. The first-order valence-electron chi connectivity index (χ1n) is 10.5. The fourth-order valence-corrected chi connectivity index (χ4v) is 4.83. The Morgan fingerprint density at radius 3 is 2.36 bits per heavy atom. The number of piperidine rings is 1. The van der Waals surface area contributed by atoms with Gasteiger partial charge in [0.15, 0.2) is 5.78 Å². The van der Waals surface area contributed by atoms with E-state index in [-0.39, 0.29) is 0 Å². The number of ketones is 1. The highest BCUT2D eigenvalue weighted by molar-refractivity contribution is 5.92. The van der Waals surface area contributed by atoms with Crippen molar-refractivity contribution in [1.82, 2.24) is 0 Å². The van der Waals surface area contributed by atoms with E-state index >= 15 is 0 Å². The van der Waals surface area contributed by atoms with Gasteiger partial charge in [0.25, 0.3) is 0 Å². The summed E-state index contributed by atoms with van der Waals surface area (Å²) in [5.41, 5.74) is 3.77. The first-order chi connectivity index (χ1) is 13.7. The van der Waals surface area contributed by atoms with Gasteiger partial charge in [-0.25, -0.2) is 0 Å². The second-order valence-electron chi connectivity index (χ2n) is 8.45. The molecule has 0 bridgehead atoms. The predicted molar refractivity (Wildman–Crippen MR) is 116 cm³/mol. The Morgan fingerprint density at radius 1 is 0.857 bits per heavy atom. The van der Waals surface area contributed by atoms with E-state index < -0.39 is 0 Å². The molecule has 0 saturated carbocycles. The number of rotatable bonds is 6. The number of hydrogen-bond donors (Lipinski definition) is 0. The lowest BCUT2D eigenvalue weighted by molar-refractivity contribution is -0.937. The Balaban J connectivity index is 1.56. The zero-order chi connectivity index (χ0) is 19.4. The lowest BCUT2D eigenvalue weighted by atomic mass is 9.95. The monoisotopic (exact) mass is 372 g/mol. The topological polar surface area (TPSA) is 17.1 Å². The van der Waals surface area contributed by atoms with Gasteiger partial charge in [-0.05, 0) is 48.1 Å². The van der Waals surface area contributed by atoms with Crippen LogP contribution in [0.1, 0.15) is 36.0 Å². The molecule has 0 atom stereocenters. The second kappa shape index (κ2) is 8.28. The van der Waals surface area contributed by atoms with E-state index in [0.29, 0.717) is 18.7 Å². The summed E-state index contributed by atoms with van der Waals surface area (Å²) >= 11 is 0. The van der Waals surface area contributed by atoms with E-state index in [1.54, 1.807) is 0 Å². The molecule has 0 spiro atoms. The minimum Gasteiger partial charge on any atom is -0.314 e. The van der Waals surface area contributed by atoms with Crippen molar-refractivity contribution in [3.05, 3.63) is 83.4 Å². The third-order valence-corrected chi connectivity index (χ3v) is 6.29. The molecule has 4 rings (SSSR count). The molecular weight excluding hydrogens is 342 g/mol. The normalized spacial score (nSPS) is 16.2. The molecule has 1 heterocycles. The lowest BCUT2D eigenvalue weighted by Gasteiger charge is -2.41. The van der Waals surface area contributed by atoms with Crippen LogP contribution in [0.4, 0.5) is 0 Å². The van der Waals surface area contributed by atoms with Crippen LogP contribution in [0, 0.1) is 6.92 Å². The second-order valence-corrected chi connectivity index (χ2v) is 8.45. The van der Waals surface area contributed by atoms with Gasteiger partial charge >= 0.3 is 0 Å². The molecule has 2 nitrogen and oxygen atoms in total. The van der Waals surface area contributed by atoms with Crippen molar-refractivity contribution in [1.29, 1.82) is 0 Å². The number of nitrogens with zero attached hydrogens (tertiary/aromatic N) is 1. The quantitative estimate of drug-likeness (QED) is 0.525. The van der Waals surface area contributed by atoms with E-state index in [1.165, 1.54) is 46.7 Å². The van der Waals surface area contributed by atoms with Crippen LogP contribution in [0.3, 0.4) is 0 Å². The molecule has 0 amide bonds. The van der Waals surface area contributed by atoms with Gasteiger partial charge in [-0.15, -0.1) is 0 Å². The minimum absolute atomic E-state index is 0.372. The lowest BCUT2D eigenvalue weighted by Crippen LogP contribution is -2.53. The fraction of sp³-hybridized carbons (Fsp3) is 0.346. The molecular formula is C26H30NO+. The fourth-order valence-electron chi connectivity index (χ4n) is 4.83. The Bertz CT molecular complexity index is 955. The first-order valence-corrected chi connectivity index (χ1v) is 10.5. The maximum Gasteiger partial charge on any atom is 0.191 e. The maximum atomic E-state index is 13.3. The Morgan fingerprint density at radius 2 is 1.57 bits per heavy atom. The average molecular weight is 373 g/mol. The number of Topliss-reactive ketones (excluding diaryl/α,β-unsaturated/α-hetero) is 1. The van der Waals surface area contributed by atoms with Crippen molar-refractivity contribution in [2.75, 3.05) is 19.6 Å². The molecule has 3 aromatic carbocycles. The summed E-state index contributed by atoms with van der Waals surface area (Å²) in [6.45, 7) is 5.99. The first kappa shape index (κ1) is 18.9. The van der Waals surface area contributed by atoms with E-state index in [4.69, 9.17) is 0 Å². The minimum atomic E-state index is 0.372. The molecule has 1 aliphatic rings. The van der Waals surface area contributed by atoms with Crippen molar-refractivity contribution in [3.8, 4) is 0 Å². The number of quaternary nitrogens is 1. The predicted octanol–water partition coefficient (Wildman–Crippen LogP) is 5.46. The van der Waals surface area contributed by atoms with Crippen LogP contribution in [0.2, 0.25) is 0 Å². The van der Waals surface area contributed by atoms with Crippen molar-refractivity contribution in [2.45, 2.75) is 39.2 Å². The van der Waals surface area contributed by atoms with Gasteiger partial charge < -0.3 is 4.48 Å². The molecule has 2 heteroatoms. The molecule has 1 aliphatic heterocycles. The summed E-state index contributed by atoms with van der Waals surface area (Å²) in [4.78, 5) is 13.3. The van der Waals surface area contributed by atoms with Crippen LogP contribution in [0.5, 0.6) is 0 Å². The zero-order valence-corrected chi connectivity index (χ0v) is 16.9. The van der Waals surface area contributed by atoms with Gasteiger partial charge in [0, 0.05) is 12.0 Å². The molecule has 0 unspecified atom stereocenters. The van der Waals surface area contributed by atoms with Gasteiger partial charge in [-0.2, -0.15) is 0 Å². The standard InChI is InChI=1S/C26H30NO/c1-21-14-15-23-12-6-7-13-25(23)26(21)18-24(28)20-27(16-8-3-9-17-27)19-22-10-4-2-5-11-22/h2,4-7,10-15H,3,8-9,16-20H2,1H3/q+1. The number of aryl methyl sites for hydroxylation is 1. The van der Waals surface area contributed by atoms with Gasteiger partial charge in [-0.1, -0.05) is 66.7 Å². The number of benzene rings is 3. The zero-order valence-electron chi connectivity index (χ0n) is 16.9. The van der Waals surface area contributed by atoms with Crippen molar-refractivity contribution >= 4 is 16.6 Å². The number of carbonyl (C=O) groups excluding carboxylic acids is 1. The molecule has 28 heavy (non-hydrogen) atoms. The summed E-state index contributed by atoms with van der Waals surface area (Å²) in [5, 5.41) is 2.45. The summed E-state index contributed by atoms with van der Waals surface area (Å²) in [7, 11) is 0. The molecule has 1 saturated heterocycles. The Kier molecular flexibility index (Phi) is 5.59. The largest absolute Gasteiger partial charge is 0.314 e. The third kappa shape index (κ3) is 4.18. The molecule has 0 aliphatic carbocycles. The van der Waals surface area contributed by atoms with E-state index in [9.17, 15) is 4.79 Å². The summed E-state index contributed by atoms with van der Waals surface area (Å²) in [5.74, 6) is 0.372. The van der Waals surface area contributed by atoms with Crippen molar-refractivity contribution < 1.29 is 9.28 Å². The summed E-state index contributed by atoms with van der Waals surface area (Å²) < 4.78 is 0.923. The molecule has 0 aromatic heterocycles. The van der Waals surface area contributed by atoms with Gasteiger partial charge in [0.1, 0.15) is 13.1 Å². The van der Waals surface area contributed by atoms with Gasteiger partial charge in [0.05, 0.1) is 13.1 Å². The van der Waals surface area contributed by atoms with Crippen molar-refractivity contribution in [2.24, 2.45) is 0 Å². The summed E-state index contributed by atoms with van der Waals surface area (Å²) in [6, 6.07) is 23.4.